The molecule has 0 spiro atoms. The second-order valence-corrected chi connectivity index (χ2v) is 6.85. The van der Waals surface area contributed by atoms with E-state index in [0.29, 0.717) is 18.8 Å². The number of ether oxygens (including phenoxy) is 5. The summed E-state index contributed by atoms with van der Waals surface area (Å²) in [4.78, 5) is 26.2. The molecule has 2 atom stereocenters. The Morgan fingerprint density at radius 1 is 1.26 bits per heavy atom. The Bertz CT molecular complexity index is 710. The molecule has 2 saturated heterocycles. The van der Waals surface area contributed by atoms with Gasteiger partial charge in [-0.15, -0.1) is 6.58 Å². The first kappa shape index (κ1) is 19.7. The first-order valence-electron chi connectivity index (χ1n) is 8.74. The zero-order chi connectivity index (χ0) is 19.5. The van der Waals surface area contributed by atoms with E-state index in [9.17, 15) is 9.59 Å². The van der Waals surface area contributed by atoms with E-state index in [1.54, 1.807) is 6.92 Å². The third-order valence-electron chi connectivity index (χ3n) is 5.19. The zero-order valence-electron chi connectivity index (χ0n) is 15.6. The Hall–Kier alpha value is -2.06. The molecule has 2 aliphatic rings. The van der Waals surface area contributed by atoms with E-state index in [0.717, 1.165) is 0 Å². The fourth-order valence-electron chi connectivity index (χ4n) is 3.59. The van der Waals surface area contributed by atoms with Crippen molar-refractivity contribution in [2.45, 2.75) is 24.7 Å². The summed E-state index contributed by atoms with van der Waals surface area (Å²) in [6, 6.07) is 9.17. The van der Waals surface area contributed by atoms with Gasteiger partial charge in [0.1, 0.15) is 13.4 Å². The van der Waals surface area contributed by atoms with Crippen molar-refractivity contribution in [2.24, 2.45) is 5.41 Å². The fourth-order valence-corrected chi connectivity index (χ4v) is 3.59. The molecule has 2 heterocycles. The number of cyclic esters (lactones) is 1. The first-order valence-corrected chi connectivity index (χ1v) is 8.74. The summed E-state index contributed by atoms with van der Waals surface area (Å²) in [6.07, 6.45) is 1.30. The number of Topliss-reactive ketones (excluding diaryl/α,β-unsaturated/α-hetero) is 1. The molecule has 2 aliphatic heterocycles. The zero-order valence-corrected chi connectivity index (χ0v) is 15.6. The number of carbonyl (C=O) groups excluding carboxylic acids is 2. The number of carbonyl (C=O) groups is 2. The minimum absolute atomic E-state index is 0.00909. The molecule has 0 aliphatic carbocycles. The molecule has 0 saturated carbocycles. The molecule has 146 valence electrons. The van der Waals surface area contributed by atoms with Gasteiger partial charge in [-0.05, 0) is 6.92 Å². The summed E-state index contributed by atoms with van der Waals surface area (Å²) >= 11 is 0. The molecule has 0 aromatic heterocycles. The highest BCUT2D eigenvalue weighted by molar-refractivity contribution is 6.10. The van der Waals surface area contributed by atoms with Crippen LogP contribution in [0.15, 0.2) is 43.0 Å². The average Bonchev–Trinajstić information content (AvgIpc) is 3.26. The molecule has 0 amide bonds. The lowest BCUT2D eigenvalue weighted by atomic mass is 9.71. The monoisotopic (exact) mass is 376 g/mol. The fraction of sp³-hybridized carbons (Fsp3) is 0.500. The van der Waals surface area contributed by atoms with E-state index in [2.05, 4.69) is 6.58 Å². The Kier molecular flexibility index (Phi) is 5.48. The summed E-state index contributed by atoms with van der Waals surface area (Å²) in [7, 11) is 1.42. The third-order valence-corrected chi connectivity index (χ3v) is 5.19. The minimum atomic E-state index is -1.87. The van der Waals surface area contributed by atoms with Gasteiger partial charge in [-0.1, -0.05) is 36.4 Å². The molecule has 1 aromatic carbocycles. The topological polar surface area (TPSA) is 80.3 Å². The molecule has 0 unspecified atom stereocenters. The van der Waals surface area contributed by atoms with Crippen molar-refractivity contribution in [3.8, 4) is 0 Å². The minimum Gasteiger partial charge on any atom is -0.462 e. The number of esters is 1. The number of methoxy groups -OCH3 is 1. The highest BCUT2D eigenvalue weighted by Gasteiger charge is 2.66. The Morgan fingerprint density at radius 3 is 2.52 bits per heavy atom. The second kappa shape index (κ2) is 7.52. The van der Waals surface area contributed by atoms with Crippen molar-refractivity contribution >= 4 is 11.8 Å². The van der Waals surface area contributed by atoms with Crippen molar-refractivity contribution < 1.29 is 33.3 Å². The largest absolute Gasteiger partial charge is 0.462 e. The van der Waals surface area contributed by atoms with Crippen LogP contribution >= 0.6 is 0 Å². The number of hydrogen-bond donors (Lipinski definition) is 0. The Morgan fingerprint density at radius 2 is 1.93 bits per heavy atom. The molecular formula is C20H24O7. The SMILES string of the molecule is C=C[C@@]1(C)COC(=O)[C@]1(OCOC)C(=O)CC1(c2ccccc2)OCCO1. The third kappa shape index (κ3) is 3.10. The lowest BCUT2D eigenvalue weighted by molar-refractivity contribution is -0.203. The van der Waals surface area contributed by atoms with Gasteiger partial charge in [0.2, 0.25) is 11.4 Å². The average molecular weight is 376 g/mol. The van der Waals surface area contributed by atoms with Gasteiger partial charge in [-0.25, -0.2) is 4.79 Å². The number of ketones is 1. The number of hydrogen-bond acceptors (Lipinski definition) is 7. The van der Waals surface area contributed by atoms with E-state index < -0.39 is 28.6 Å². The highest BCUT2D eigenvalue weighted by atomic mass is 16.7. The lowest BCUT2D eigenvalue weighted by Gasteiger charge is -2.37. The molecule has 1 aromatic rings. The van der Waals surface area contributed by atoms with Gasteiger partial charge >= 0.3 is 5.97 Å². The van der Waals surface area contributed by atoms with Gasteiger partial charge in [0.05, 0.1) is 25.0 Å². The van der Waals surface area contributed by atoms with Crippen molar-refractivity contribution in [3.05, 3.63) is 48.6 Å². The van der Waals surface area contributed by atoms with Crippen LogP contribution in [0.3, 0.4) is 0 Å². The first-order chi connectivity index (χ1) is 12.9. The summed E-state index contributed by atoms with van der Waals surface area (Å²) < 4.78 is 27.5. The molecule has 27 heavy (non-hydrogen) atoms. The highest BCUT2D eigenvalue weighted by Crippen LogP contribution is 2.46. The van der Waals surface area contributed by atoms with Crippen molar-refractivity contribution in [1.29, 1.82) is 0 Å². The van der Waals surface area contributed by atoms with Crippen LogP contribution in [0, 0.1) is 5.41 Å². The second-order valence-electron chi connectivity index (χ2n) is 6.85. The molecule has 7 heteroatoms. The molecule has 3 rings (SSSR count). The van der Waals surface area contributed by atoms with Crippen LogP contribution in [0.4, 0.5) is 0 Å². The standard InChI is InChI=1S/C20H24O7/c1-4-18(2)13-24-17(22)20(18,27-14-23-3)16(21)12-19(25-10-11-26-19)15-8-6-5-7-9-15/h4-9H,1,10-14H2,2-3H3/t18-,20+/m0/s1. The van der Waals surface area contributed by atoms with Crippen LogP contribution in [0.25, 0.3) is 0 Å². The molecule has 2 fully saturated rings. The van der Waals surface area contributed by atoms with Crippen LogP contribution in [-0.2, 0) is 39.1 Å². The molecule has 7 nitrogen and oxygen atoms in total. The maximum absolute atomic E-state index is 13.5. The quantitative estimate of drug-likeness (QED) is 0.297. The van der Waals surface area contributed by atoms with E-state index >= 15 is 0 Å². The summed E-state index contributed by atoms with van der Waals surface area (Å²) in [5.74, 6) is -2.53. The predicted octanol–water partition coefficient (Wildman–Crippen LogP) is 1.95. The normalized spacial score (nSPS) is 29.5. The van der Waals surface area contributed by atoms with Crippen LogP contribution in [0.5, 0.6) is 0 Å². The maximum atomic E-state index is 13.5. The molecule has 0 radical (unpaired) electrons. The van der Waals surface area contributed by atoms with E-state index in [4.69, 9.17) is 23.7 Å². The molecule has 0 bridgehead atoms. The van der Waals surface area contributed by atoms with Gasteiger partial charge in [0, 0.05) is 12.7 Å². The predicted molar refractivity (Wildman–Crippen MR) is 94.6 cm³/mol. The van der Waals surface area contributed by atoms with Crippen LogP contribution in [0.1, 0.15) is 18.9 Å². The van der Waals surface area contributed by atoms with Gasteiger partial charge in [-0.2, -0.15) is 0 Å². The molecule has 0 N–H and O–H groups in total. The van der Waals surface area contributed by atoms with E-state index in [1.807, 2.05) is 30.3 Å². The summed E-state index contributed by atoms with van der Waals surface area (Å²) in [5, 5.41) is 0. The van der Waals surface area contributed by atoms with E-state index in [-0.39, 0.29) is 19.8 Å². The Labute approximate surface area is 158 Å². The maximum Gasteiger partial charge on any atom is 0.347 e. The summed E-state index contributed by atoms with van der Waals surface area (Å²) in [6.45, 7) is 5.91. The van der Waals surface area contributed by atoms with E-state index in [1.165, 1.54) is 13.2 Å². The van der Waals surface area contributed by atoms with Crippen LogP contribution in [0.2, 0.25) is 0 Å². The molecular weight excluding hydrogens is 352 g/mol. The summed E-state index contributed by atoms with van der Waals surface area (Å²) in [5.41, 5.74) is -2.22. The van der Waals surface area contributed by atoms with Crippen LogP contribution < -0.4 is 0 Å². The van der Waals surface area contributed by atoms with Gasteiger partial charge in [0.25, 0.3) is 0 Å². The lowest BCUT2D eigenvalue weighted by Crippen LogP contribution is -2.57. The van der Waals surface area contributed by atoms with Gasteiger partial charge < -0.3 is 23.7 Å². The smallest absolute Gasteiger partial charge is 0.347 e. The Balaban J connectivity index is 1.99. The van der Waals surface area contributed by atoms with Crippen molar-refractivity contribution in [1.82, 2.24) is 0 Å². The van der Waals surface area contributed by atoms with Crippen LogP contribution in [-0.4, -0.2) is 51.1 Å². The van der Waals surface area contributed by atoms with Gasteiger partial charge in [-0.3, -0.25) is 4.79 Å². The van der Waals surface area contributed by atoms with Crippen molar-refractivity contribution in [2.75, 3.05) is 33.7 Å². The van der Waals surface area contributed by atoms with Crippen molar-refractivity contribution in [3.63, 3.8) is 0 Å². The number of benzene rings is 1. The number of rotatable bonds is 8. The van der Waals surface area contributed by atoms with Gasteiger partial charge in [0.15, 0.2) is 5.78 Å².